The summed E-state index contributed by atoms with van der Waals surface area (Å²) >= 11 is 0. The summed E-state index contributed by atoms with van der Waals surface area (Å²) in [6.45, 7) is 6.84. The molecule has 0 spiro atoms. The van der Waals surface area contributed by atoms with Gasteiger partial charge in [0.1, 0.15) is 5.69 Å². The molecule has 1 atom stereocenters. The minimum Gasteiger partial charge on any atom is -0.305 e. The number of fused-ring (bicyclic) bond motifs is 1. The van der Waals surface area contributed by atoms with Crippen LogP contribution in [-0.4, -0.2) is 27.2 Å². The second-order valence-corrected chi connectivity index (χ2v) is 6.84. The fourth-order valence-corrected chi connectivity index (χ4v) is 3.46. The fourth-order valence-electron chi connectivity index (χ4n) is 3.46. The van der Waals surface area contributed by atoms with E-state index in [1.807, 2.05) is 52.9 Å². The minimum atomic E-state index is -0.00527. The molecule has 1 aliphatic rings. The number of benzene rings is 1. The number of hydrogen-bond donors (Lipinski definition) is 0. The lowest BCUT2D eigenvalue weighted by Crippen LogP contribution is -2.42. The quantitative estimate of drug-likeness (QED) is 0.719. The molecular weight excluding hydrogens is 324 g/mol. The zero-order chi connectivity index (χ0) is 18.3. The van der Waals surface area contributed by atoms with Crippen LogP contribution < -0.4 is 4.90 Å². The molecule has 0 aliphatic carbocycles. The van der Waals surface area contributed by atoms with E-state index in [0.717, 1.165) is 28.9 Å². The first-order valence-electron chi connectivity index (χ1n) is 9.00. The van der Waals surface area contributed by atoms with Gasteiger partial charge in [-0.25, -0.2) is 0 Å². The number of carbonyl (C=O) groups is 1. The summed E-state index contributed by atoms with van der Waals surface area (Å²) < 4.78 is 1.86. The molecule has 3 aromatic rings. The van der Waals surface area contributed by atoms with E-state index in [0.29, 0.717) is 12.2 Å². The van der Waals surface area contributed by atoms with Gasteiger partial charge in [0.05, 0.1) is 12.2 Å². The standard InChI is InChI=1S/C21H22N4O/c1-4-17-11-16(9-10-22-17)19-12-23-25-15(3)13-24(21(26)20(19)25)18-7-5-14(2)6-8-18/h5-12,15H,4,13H2,1-3H3/t15-/m0/s1. The molecule has 1 aliphatic heterocycles. The molecule has 132 valence electrons. The van der Waals surface area contributed by atoms with Crippen molar-refractivity contribution in [3.05, 3.63) is 65.7 Å². The van der Waals surface area contributed by atoms with Gasteiger partial charge in [-0.2, -0.15) is 5.10 Å². The van der Waals surface area contributed by atoms with E-state index < -0.39 is 0 Å². The van der Waals surface area contributed by atoms with Crippen molar-refractivity contribution in [2.24, 2.45) is 0 Å². The number of carbonyl (C=O) groups excluding carboxylic acids is 1. The van der Waals surface area contributed by atoms with E-state index in [1.54, 1.807) is 12.4 Å². The third kappa shape index (κ3) is 2.69. The molecule has 0 unspecified atom stereocenters. The van der Waals surface area contributed by atoms with Crippen LogP contribution >= 0.6 is 0 Å². The zero-order valence-corrected chi connectivity index (χ0v) is 15.3. The van der Waals surface area contributed by atoms with Crippen LogP contribution in [-0.2, 0) is 6.42 Å². The minimum absolute atomic E-state index is 0.00527. The summed E-state index contributed by atoms with van der Waals surface area (Å²) in [7, 11) is 0. The van der Waals surface area contributed by atoms with Crippen molar-refractivity contribution >= 4 is 11.6 Å². The number of pyridine rings is 1. The molecule has 0 fully saturated rings. The average Bonchev–Trinajstić information content (AvgIpc) is 3.11. The lowest BCUT2D eigenvalue weighted by Gasteiger charge is -2.32. The van der Waals surface area contributed by atoms with Crippen LogP contribution in [0.3, 0.4) is 0 Å². The van der Waals surface area contributed by atoms with Gasteiger partial charge >= 0.3 is 0 Å². The summed E-state index contributed by atoms with van der Waals surface area (Å²) in [6, 6.07) is 12.2. The lowest BCUT2D eigenvalue weighted by molar-refractivity contribution is 0.0954. The Balaban J connectivity index is 1.80. The van der Waals surface area contributed by atoms with Gasteiger partial charge in [-0.15, -0.1) is 0 Å². The van der Waals surface area contributed by atoms with Gasteiger partial charge in [0, 0.05) is 29.7 Å². The van der Waals surface area contributed by atoms with E-state index in [2.05, 4.69) is 23.9 Å². The molecule has 0 N–H and O–H groups in total. The monoisotopic (exact) mass is 346 g/mol. The van der Waals surface area contributed by atoms with Gasteiger partial charge in [-0.05, 0) is 50.1 Å². The van der Waals surface area contributed by atoms with Gasteiger partial charge in [0.2, 0.25) is 0 Å². The predicted molar refractivity (Wildman–Crippen MR) is 102 cm³/mol. The first-order valence-corrected chi connectivity index (χ1v) is 9.00. The number of aryl methyl sites for hydroxylation is 2. The van der Waals surface area contributed by atoms with Crippen LogP contribution in [0.2, 0.25) is 0 Å². The number of rotatable bonds is 3. The van der Waals surface area contributed by atoms with Crippen molar-refractivity contribution in [1.29, 1.82) is 0 Å². The number of anilines is 1. The molecule has 0 saturated carbocycles. The highest BCUT2D eigenvalue weighted by atomic mass is 16.2. The third-order valence-corrected chi connectivity index (χ3v) is 4.94. The summed E-state index contributed by atoms with van der Waals surface area (Å²) in [6.07, 6.45) is 4.46. The third-order valence-electron chi connectivity index (χ3n) is 4.94. The second kappa shape index (κ2) is 6.41. The fraction of sp³-hybridized carbons (Fsp3) is 0.286. The van der Waals surface area contributed by atoms with Gasteiger partial charge in [0.15, 0.2) is 0 Å². The normalized spacial score (nSPS) is 16.7. The Morgan fingerprint density at radius 3 is 2.69 bits per heavy atom. The van der Waals surface area contributed by atoms with Crippen molar-refractivity contribution in [2.75, 3.05) is 11.4 Å². The van der Waals surface area contributed by atoms with Crippen LogP contribution in [0.25, 0.3) is 11.1 Å². The lowest BCUT2D eigenvalue weighted by atomic mass is 10.0. The maximum Gasteiger partial charge on any atom is 0.277 e. The van der Waals surface area contributed by atoms with Crippen LogP contribution in [0, 0.1) is 6.92 Å². The van der Waals surface area contributed by atoms with Gasteiger partial charge in [-0.1, -0.05) is 24.6 Å². The van der Waals surface area contributed by atoms with Crippen molar-refractivity contribution in [1.82, 2.24) is 14.8 Å². The molecule has 3 heterocycles. The van der Waals surface area contributed by atoms with E-state index in [-0.39, 0.29) is 11.9 Å². The Labute approximate surface area is 153 Å². The Morgan fingerprint density at radius 2 is 1.96 bits per heavy atom. The molecule has 0 radical (unpaired) electrons. The van der Waals surface area contributed by atoms with Crippen LogP contribution in [0.1, 0.15) is 41.6 Å². The molecule has 5 heteroatoms. The zero-order valence-electron chi connectivity index (χ0n) is 15.3. The Kier molecular flexibility index (Phi) is 4.07. The second-order valence-electron chi connectivity index (χ2n) is 6.84. The SMILES string of the molecule is CCc1cc(-c2cnn3c2C(=O)N(c2ccc(C)cc2)C[C@@H]3C)ccn1. The molecule has 2 aromatic heterocycles. The molecule has 0 bridgehead atoms. The number of hydrogen-bond acceptors (Lipinski definition) is 3. The van der Waals surface area contributed by atoms with E-state index in [4.69, 9.17) is 0 Å². The van der Waals surface area contributed by atoms with Crippen molar-refractivity contribution in [3.63, 3.8) is 0 Å². The molecule has 4 rings (SSSR count). The highest BCUT2D eigenvalue weighted by Gasteiger charge is 2.33. The Bertz CT molecular complexity index is 958. The van der Waals surface area contributed by atoms with Gasteiger partial charge in [0.25, 0.3) is 5.91 Å². The molecular formula is C21H22N4O. The largest absolute Gasteiger partial charge is 0.305 e. The molecule has 5 nitrogen and oxygen atoms in total. The maximum absolute atomic E-state index is 13.3. The Morgan fingerprint density at radius 1 is 1.19 bits per heavy atom. The highest BCUT2D eigenvalue weighted by Crippen LogP contribution is 2.32. The topological polar surface area (TPSA) is 51.0 Å². The molecule has 0 saturated heterocycles. The average molecular weight is 346 g/mol. The Hall–Kier alpha value is -2.95. The van der Waals surface area contributed by atoms with E-state index >= 15 is 0 Å². The summed E-state index contributed by atoms with van der Waals surface area (Å²) in [5.74, 6) is -0.00527. The van der Waals surface area contributed by atoms with Crippen LogP contribution in [0.4, 0.5) is 5.69 Å². The van der Waals surface area contributed by atoms with E-state index in [9.17, 15) is 4.79 Å². The maximum atomic E-state index is 13.3. The smallest absolute Gasteiger partial charge is 0.277 e. The van der Waals surface area contributed by atoms with Crippen molar-refractivity contribution in [2.45, 2.75) is 33.2 Å². The summed E-state index contributed by atoms with van der Waals surface area (Å²) in [5.41, 5.74) is 5.63. The van der Waals surface area contributed by atoms with Crippen LogP contribution in [0.15, 0.2) is 48.8 Å². The molecule has 26 heavy (non-hydrogen) atoms. The summed E-state index contributed by atoms with van der Waals surface area (Å²) in [5, 5.41) is 4.51. The summed E-state index contributed by atoms with van der Waals surface area (Å²) in [4.78, 5) is 19.5. The molecule has 1 amide bonds. The number of aromatic nitrogens is 3. The van der Waals surface area contributed by atoms with E-state index in [1.165, 1.54) is 5.56 Å². The number of amides is 1. The predicted octanol–water partition coefficient (Wildman–Crippen LogP) is 4.04. The highest BCUT2D eigenvalue weighted by molar-refractivity contribution is 6.09. The molecule has 1 aromatic carbocycles. The van der Waals surface area contributed by atoms with Crippen molar-refractivity contribution in [3.8, 4) is 11.1 Å². The van der Waals surface area contributed by atoms with Gasteiger partial charge in [-0.3, -0.25) is 14.5 Å². The first kappa shape index (κ1) is 16.5. The van der Waals surface area contributed by atoms with Crippen LogP contribution in [0.5, 0.6) is 0 Å². The number of nitrogens with zero attached hydrogens (tertiary/aromatic N) is 4. The first-order chi connectivity index (χ1) is 12.6. The van der Waals surface area contributed by atoms with Gasteiger partial charge < -0.3 is 4.90 Å². The van der Waals surface area contributed by atoms with Crippen molar-refractivity contribution < 1.29 is 4.79 Å².